The molecule has 1 aliphatic heterocycles. The number of benzene rings is 2. The lowest BCUT2D eigenvalue weighted by molar-refractivity contribution is 0.156. The Bertz CT molecular complexity index is 785. The fraction of sp³-hybridized carbons (Fsp3) is 0.238. The van der Waals surface area contributed by atoms with Gasteiger partial charge in [-0.25, -0.2) is 4.79 Å². The molecule has 1 N–H and O–H groups in total. The van der Waals surface area contributed by atoms with E-state index in [2.05, 4.69) is 40.6 Å². The van der Waals surface area contributed by atoms with Gasteiger partial charge in [0, 0.05) is 38.4 Å². The Labute approximate surface area is 154 Å². The van der Waals surface area contributed by atoms with Gasteiger partial charge in [-0.1, -0.05) is 42.5 Å². The van der Waals surface area contributed by atoms with E-state index >= 15 is 0 Å². The molecule has 5 heteroatoms. The number of anilines is 1. The van der Waals surface area contributed by atoms with Gasteiger partial charge in [0.05, 0.1) is 11.6 Å². The molecule has 1 heterocycles. The van der Waals surface area contributed by atoms with Crippen LogP contribution in [0.2, 0.25) is 0 Å². The first-order chi connectivity index (χ1) is 12.7. The summed E-state index contributed by atoms with van der Waals surface area (Å²) < 4.78 is 0. The molecule has 1 fully saturated rings. The van der Waals surface area contributed by atoms with Crippen LogP contribution in [0.5, 0.6) is 0 Å². The molecular formula is C21H22N4O. The molecule has 3 rings (SSSR count). The number of urea groups is 1. The molecule has 0 aromatic heterocycles. The van der Waals surface area contributed by atoms with E-state index in [0.717, 1.165) is 19.6 Å². The number of carbonyl (C=O) groups excluding carboxylic acids is 1. The molecule has 0 radical (unpaired) electrons. The van der Waals surface area contributed by atoms with Gasteiger partial charge < -0.3 is 10.2 Å². The van der Waals surface area contributed by atoms with E-state index in [0.29, 0.717) is 24.3 Å². The van der Waals surface area contributed by atoms with E-state index in [4.69, 9.17) is 5.26 Å². The smallest absolute Gasteiger partial charge is 0.321 e. The minimum atomic E-state index is -0.0887. The number of rotatable bonds is 4. The highest BCUT2D eigenvalue weighted by Crippen LogP contribution is 2.11. The molecule has 5 nitrogen and oxygen atoms in total. The summed E-state index contributed by atoms with van der Waals surface area (Å²) in [6, 6.07) is 19.1. The van der Waals surface area contributed by atoms with E-state index in [1.807, 2.05) is 23.1 Å². The molecule has 0 unspecified atom stereocenters. The van der Waals surface area contributed by atoms with Crippen LogP contribution in [-0.2, 0) is 0 Å². The van der Waals surface area contributed by atoms with Crippen molar-refractivity contribution in [1.82, 2.24) is 9.80 Å². The Morgan fingerprint density at radius 1 is 1.04 bits per heavy atom. The summed E-state index contributed by atoms with van der Waals surface area (Å²) in [5, 5.41) is 11.7. The van der Waals surface area contributed by atoms with Crippen molar-refractivity contribution in [2.24, 2.45) is 0 Å². The zero-order valence-electron chi connectivity index (χ0n) is 14.6. The standard InChI is InChI=1S/C21H22N4O/c22-17-19-8-10-20(11-9-19)23-21(26)25-15-13-24(14-16-25)12-4-7-18-5-2-1-3-6-18/h1-11H,12-16H2,(H,23,26)/b7-4+. The molecule has 1 aliphatic rings. The molecule has 1 saturated heterocycles. The van der Waals surface area contributed by atoms with Crippen LogP contribution in [0, 0.1) is 11.3 Å². The van der Waals surface area contributed by atoms with Crippen LogP contribution in [-0.4, -0.2) is 48.6 Å². The maximum Gasteiger partial charge on any atom is 0.321 e. The Morgan fingerprint density at radius 2 is 1.73 bits per heavy atom. The Kier molecular flexibility index (Phi) is 6.02. The van der Waals surface area contributed by atoms with Crippen molar-refractivity contribution >= 4 is 17.8 Å². The first-order valence-corrected chi connectivity index (χ1v) is 8.74. The van der Waals surface area contributed by atoms with Gasteiger partial charge in [0.25, 0.3) is 0 Å². The zero-order valence-corrected chi connectivity index (χ0v) is 14.6. The molecule has 0 saturated carbocycles. The highest BCUT2D eigenvalue weighted by atomic mass is 16.2. The molecule has 0 bridgehead atoms. The molecule has 0 spiro atoms. The van der Waals surface area contributed by atoms with Gasteiger partial charge in [-0.2, -0.15) is 5.26 Å². The van der Waals surface area contributed by atoms with Crippen LogP contribution in [0.15, 0.2) is 60.7 Å². The summed E-state index contributed by atoms with van der Waals surface area (Å²) in [4.78, 5) is 16.5. The summed E-state index contributed by atoms with van der Waals surface area (Å²) in [5.74, 6) is 0. The summed E-state index contributed by atoms with van der Waals surface area (Å²) in [5.41, 5.74) is 2.50. The largest absolute Gasteiger partial charge is 0.322 e. The van der Waals surface area contributed by atoms with Crippen LogP contribution < -0.4 is 5.32 Å². The normalized spacial score (nSPS) is 15.0. The molecule has 26 heavy (non-hydrogen) atoms. The highest BCUT2D eigenvalue weighted by Gasteiger charge is 2.20. The molecule has 0 aliphatic carbocycles. The lowest BCUT2D eigenvalue weighted by Crippen LogP contribution is -2.49. The van der Waals surface area contributed by atoms with Crippen molar-refractivity contribution in [3.8, 4) is 6.07 Å². The summed E-state index contributed by atoms with van der Waals surface area (Å²) in [7, 11) is 0. The first-order valence-electron chi connectivity index (χ1n) is 8.74. The molecule has 2 aromatic rings. The second kappa shape index (κ2) is 8.84. The average molecular weight is 346 g/mol. The van der Waals surface area contributed by atoms with Crippen molar-refractivity contribution in [1.29, 1.82) is 5.26 Å². The van der Waals surface area contributed by atoms with E-state index in [1.54, 1.807) is 24.3 Å². The quantitative estimate of drug-likeness (QED) is 0.923. The topological polar surface area (TPSA) is 59.4 Å². The summed E-state index contributed by atoms with van der Waals surface area (Å²) in [6.45, 7) is 4.03. The van der Waals surface area contributed by atoms with Gasteiger partial charge in [0.1, 0.15) is 0 Å². The number of hydrogen-bond acceptors (Lipinski definition) is 3. The van der Waals surface area contributed by atoms with Gasteiger partial charge in [-0.05, 0) is 29.8 Å². The third-order valence-corrected chi connectivity index (χ3v) is 4.40. The Hall–Kier alpha value is -3.10. The molecule has 0 atom stereocenters. The molecule has 132 valence electrons. The first kappa shape index (κ1) is 17.7. The van der Waals surface area contributed by atoms with Crippen LogP contribution in [0.25, 0.3) is 6.08 Å². The third-order valence-electron chi connectivity index (χ3n) is 4.40. The average Bonchev–Trinajstić information content (AvgIpc) is 2.70. The van der Waals surface area contributed by atoms with Gasteiger partial charge >= 0.3 is 6.03 Å². The zero-order chi connectivity index (χ0) is 18.2. The molecular weight excluding hydrogens is 324 g/mol. The second-order valence-corrected chi connectivity index (χ2v) is 6.22. The molecule has 2 aromatic carbocycles. The number of piperazine rings is 1. The SMILES string of the molecule is N#Cc1ccc(NC(=O)N2CCN(C/C=C/c3ccccc3)CC2)cc1. The number of nitrogens with zero attached hydrogens (tertiary/aromatic N) is 3. The van der Waals surface area contributed by atoms with Gasteiger partial charge in [-0.15, -0.1) is 0 Å². The lowest BCUT2D eigenvalue weighted by Gasteiger charge is -2.34. The number of nitriles is 1. The van der Waals surface area contributed by atoms with Crippen LogP contribution >= 0.6 is 0 Å². The van der Waals surface area contributed by atoms with Gasteiger partial charge in [-0.3, -0.25) is 4.90 Å². The third kappa shape index (κ3) is 4.95. The Morgan fingerprint density at radius 3 is 2.38 bits per heavy atom. The van der Waals surface area contributed by atoms with E-state index in [1.165, 1.54) is 5.56 Å². The van der Waals surface area contributed by atoms with Crippen molar-refractivity contribution in [2.75, 3.05) is 38.0 Å². The highest BCUT2D eigenvalue weighted by molar-refractivity contribution is 5.89. The van der Waals surface area contributed by atoms with Gasteiger partial charge in [0.15, 0.2) is 0 Å². The fourth-order valence-electron chi connectivity index (χ4n) is 2.87. The van der Waals surface area contributed by atoms with Crippen molar-refractivity contribution < 1.29 is 4.79 Å². The van der Waals surface area contributed by atoms with Crippen molar-refractivity contribution in [3.63, 3.8) is 0 Å². The van der Waals surface area contributed by atoms with Gasteiger partial charge in [0.2, 0.25) is 0 Å². The molecule has 2 amide bonds. The maximum absolute atomic E-state index is 12.3. The number of nitrogens with one attached hydrogen (secondary N) is 1. The van der Waals surface area contributed by atoms with E-state index in [-0.39, 0.29) is 6.03 Å². The minimum absolute atomic E-state index is 0.0887. The monoisotopic (exact) mass is 346 g/mol. The fourth-order valence-corrected chi connectivity index (χ4v) is 2.87. The van der Waals surface area contributed by atoms with Crippen molar-refractivity contribution in [2.45, 2.75) is 0 Å². The van der Waals surface area contributed by atoms with E-state index < -0.39 is 0 Å². The van der Waals surface area contributed by atoms with Crippen molar-refractivity contribution in [3.05, 3.63) is 71.8 Å². The van der Waals surface area contributed by atoms with E-state index in [9.17, 15) is 4.79 Å². The lowest BCUT2D eigenvalue weighted by atomic mass is 10.2. The summed E-state index contributed by atoms with van der Waals surface area (Å²) in [6.07, 6.45) is 4.30. The number of hydrogen-bond donors (Lipinski definition) is 1. The maximum atomic E-state index is 12.3. The van der Waals surface area contributed by atoms with Crippen LogP contribution in [0.3, 0.4) is 0 Å². The minimum Gasteiger partial charge on any atom is -0.322 e. The summed E-state index contributed by atoms with van der Waals surface area (Å²) >= 11 is 0. The van der Waals surface area contributed by atoms with Crippen LogP contribution in [0.1, 0.15) is 11.1 Å². The number of carbonyl (C=O) groups is 1. The van der Waals surface area contributed by atoms with Crippen LogP contribution in [0.4, 0.5) is 10.5 Å². The predicted molar refractivity (Wildman–Crippen MR) is 104 cm³/mol. The Balaban J connectivity index is 1.43. The number of amides is 2. The predicted octanol–water partition coefficient (Wildman–Crippen LogP) is 3.42. The second-order valence-electron chi connectivity index (χ2n) is 6.22.